The molecule has 152 valence electrons. The Hall–Kier alpha value is -2.00. The summed E-state index contributed by atoms with van der Waals surface area (Å²) >= 11 is 0. The zero-order valence-corrected chi connectivity index (χ0v) is 17.7. The summed E-state index contributed by atoms with van der Waals surface area (Å²) in [6.45, 7) is 4.83. The molecular weight excluding hydrogens is 371 g/mol. The van der Waals surface area contributed by atoms with Gasteiger partial charge in [0.1, 0.15) is 0 Å². The molecule has 0 radical (unpaired) electrons. The molecule has 1 saturated heterocycles. The summed E-state index contributed by atoms with van der Waals surface area (Å²) in [7, 11) is 0. The maximum atomic E-state index is 11.1. The van der Waals surface area contributed by atoms with Crippen molar-refractivity contribution in [1.29, 1.82) is 0 Å². The Balaban J connectivity index is 0.00000218. The van der Waals surface area contributed by atoms with Gasteiger partial charge in [0.2, 0.25) is 0 Å². The van der Waals surface area contributed by atoms with Gasteiger partial charge in [0, 0.05) is 57.1 Å². The number of rotatable bonds is 3. The molecule has 1 aromatic heterocycles. The van der Waals surface area contributed by atoms with Crippen LogP contribution in [-0.2, 0) is 11.3 Å². The summed E-state index contributed by atoms with van der Waals surface area (Å²) in [6, 6.07) is 9.09. The maximum Gasteiger partial charge on any atom is 1.00 e. The van der Waals surface area contributed by atoms with E-state index in [4.69, 9.17) is 0 Å². The van der Waals surface area contributed by atoms with Crippen molar-refractivity contribution in [3.63, 3.8) is 0 Å². The zero-order chi connectivity index (χ0) is 19.8. The molecule has 0 atom stereocenters. The third-order valence-electron chi connectivity index (χ3n) is 6.83. The molecule has 2 aliphatic heterocycles. The van der Waals surface area contributed by atoms with Crippen LogP contribution in [0.2, 0.25) is 0 Å². The van der Waals surface area contributed by atoms with Gasteiger partial charge in [0.25, 0.3) is 0 Å². The molecule has 0 amide bonds. The van der Waals surface area contributed by atoms with Crippen molar-refractivity contribution in [2.75, 3.05) is 26.2 Å². The first-order valence-electron chi connectivity index (χ1n) is 10.7. The Morgan fingerprint density at radius 1 is 1.03 bits per heavy atom. The molecule has 1 aromatic carbocycles. The molecule has 3 heterocycles. The number of imidazole rings is 1. The monoisotopic (exact) mass is 398 g/mol. The Morgan fingerprint density at radius 2 is 1.77 bits per heavy atom. The standard InChI is InChI=1S/C23H28N4O2.Li/c28-23(29)17-5-7-20(8-6-17)25-11-13-26(14-12-25)21-15-18-3-1-2-4-19(18)16-27-10-9-24-22(21)27;/h1-4,9-10,15,17,20H,5-8,11-14,16H2,(H,28,29);/q;+1/p-1. The fourth-order valence-corrected chi connectivity index (χ4v) is 5.12. The Morgan fingerprint density at radius 3 is 2.50 bits per heavy atom. The van der Waals surface area contributed by atoms with Crippen molar-refractivity contribution in [2.24, 2.45) is 5.92 Å². The summed E-state index contributed by atoms with van der Waals surface area (Å²) in [5, 5.41) is 11.1. The van der Waals surface area contributed by atoms with E-state index in [1.54, 1.807) is 0 Å². The molecule has 2 fully saturated rings. The van der Waals surface area contributed by atoms with E-state index < -0.39 is 5.97 Å². The quantitative estimate of drug-likeness (QED) is 0.600. The second-order valence-corrected chi connectivity index (χ2v) is 8.45. The van der Waals surface area contributed by atoms with Gasteiger partial charge in [-0.1, -0.05) is 24.3 Å². The SMILES string of the molecule is O=C([O-])C1CCC(N2CCN(C3=Cc4ccccc4Cn4ccnc43)CC2)CC1.[Li+]. The summed E-state index contributed by atoms with van der Waals surface area (Å²) in [6.07, 6.45) is 9.71. The van der Waals surface area contributed by atoms with Gasteiger partial charge < -0.3 is 19.4 Å². The molecule has 0 unspecified atom stereocenters. The van der Waals surface area contributed by atoms with Crippen LogP contribution >= 0.6 is 0 Å². The number of piperazine rings is 1. The first-order chi connectivity index (χ1) is 14.2. The smallest absolute Gasteiger partial charge is 0.550 e. The number of benzene rings is 1. The predicted molar refractivity (Wildman–Crippen MR) is 110 cm³/mol. The molecular formula is C23H27LiN4O2. The molecule has 6 nitrogen and oxygen atoms in total. The molecule has 0 bridgehead atoms. The van der Waals surface area contributed by atoms with Crippen LogP contribution in [0.4, 0.5) is 0 Å². The molecule has 1 aliphatic carbocycles. The van der Waals surface area contributed by atoms with Gasteiger partial charge >= 0.3 is 18.9 Å². The molecule has 0 N–H and O–H groups in total. The van der Waals surface area contributed by atoms with E-state index in [1.165, 1.54) is 16.8 Å². The minimum atomic E-state index is -0.871. The topological polar surface area (TPSA) is 64.4 Å². The van der Waals surface area contributed by atoms with E-state index in [2.05, 4.69) is 55.9 Å². The van der Waals surface area contributed by atoms with E-state index in [-0.39, 0.29) is 24.8 Å². The number of nitrogens with zero attached hydrogens (tertiary/aromatic N) is 4. The van der Waals surface area contributed by atoms with Crippen molar-refractivity contribution in [3.8, 4) is 0 Å². The van der Waals surface area contributed by atoms with Gasteiger partial charge in [-0.15, -0.1) is 0 Å². The predicted octanol–water partition coefficient (Wildman–Crippen LogP) is -1.33. The van der Waals surface area contributed by atoms with Crippen molar-refractivity contribution >= 4 is 17.7 Å². The maximum absolute atomic E-state index is 11.1. The largest absolute Gasteiger partial charge is 1.00 e. The summed E-state index contributed by atoms with van der Waals surface area (Å²) in [5.74, 6) is -0.0731. The van der Waals surface area contributed by atoms with Gasteiger partial charge in [0.05, 0.1) is 5.70 Å². The van der Waals surface area contributed by atoms with Crippen LogP contribution in [-0.4, -0.2) is 57.5 Å². The number of aromatic nitrogens is 2. The van der Waals surface area contributed by atoms with E-state index in [0.29, 0.717) is 6.04 Å². The summed E-state index contributed by atoms with van der Waals surface area (Å²) in [4.78, 5) is 20.8. The van der Waals surface area contributed by atoms with Crippen LogP contribution in [0.15, 0.2) is 36.7 Å². The molecule has 5 rings (SSSR count). The first-order valence-corrected chi connectivity index (χ1v) is 10.7. The van der Waals surface area contributed by atoms with Crippen molar-refractivity contribution in [1.82, 2.24) is 19.4 Å². The van der Waals surface area contributed by atoms with Gasteiger partial charge in [-0.2, -0.15) is 0 Å². The number of hydrogen-bond acceptors (Lipinski definition) is 5. The third kappa shape index (κ3) is 4.09. The second kappa shape index (κ2) is 9.01. The van der Waals surface area contributed by atoms with Gasteiger partial charge in [-0.05, 0) is 48.8 Å². The van der Waals surface area contributed by atoms with Crippen LogP contribution < -0.4 is 24.0 Å². The van der Waals surface area contributed by atoms with Crippen molar-refractivity contribution in [3.05, 3.63) is 53.6 Å². The summed E-state index contributed by atoms with van der Waals surface area (Å²) < 4.78 is 2.24. The van der Waals surface area contributed by atoms with E-state index in [0.717, 1.165) is 64.2 Å². The fourth-order valence-electron chi connectivity index (χ4n) is 5.12. The minimum absolute atomic E-state index is 0. The molecule has 2 aromatic rings. The van der Waals surface area contributed by atoms with Gasteiger partial charge in [-0.25, -0.2) is 4.98 Å². The molecule has 7 heteroatoms. The normalized spacial score (nSPS) is 24.1. The average molecular weight is 398 g/mol. The van der Waals surface area contributed by atoms with Crippen molar-refractivity contribution < 1.29 is 28.8 Å². The number of fused-ring (bicyclic) bond motifs is 2. The number of carbonyl (C=O) groups is 1. The van der Waals surface area contributed by atoms with Crippen molar-refractivity contribution in [2.45, 2.75) is 38.3 Å². The van der Waals surface area contributed by atoms with Gasteiger partial charge in [0.15, 0.2) is 5.82 Å². The Labute approximate surface area is 189 Å². The number of carboxylic acid groups (broad SMARTS) is 1. The van der Waals surface area contributed by atoms with Crippen LogP contribution in [0, 0.1) is 5.92 Å². The third-order valence-corrected chi connectivity index (χ3v) is 6.83. The van der Waals surface area contributed by atoms with Crippen LogP contribution in [0.1, 0.15) is 42.6 Å². The number of carbonyl (C=O) groups excluding carboxylic acids is 1. The van der Waals surface area contributed by atoms with Crippen LogP contribution in [0.3, 0.4) is 0 Å². The second-order valence-electron chi connectivity index (χ2n) is 8.45. The van der Waals surface area contributed by atoms with Gasteiger partial charge in [-0.3, -0.25) is 4.90 Å². The molecule has 30 heavy (non-hydrogen) atoms. The average Bonchev–Trinajstić information content (AvgIpc) is 3.15. The Bertz CT molecular complexity index is 925. The van der Waals surface area contributed by atoms with E-state index >= 15 is 0 Å². The van der Waals surface area contributed by atoms with E-state index in [9.17, 15) is 9.90 Å². The number of carboxylic acids is 1. The number of hydrogen-bond donors (Lipinski definition) is 0. The Kier molecular flexibility index (Phi) is 6.38. The summed E-state index contributed by atoms with van der Waals surface area (Å²) in [5.41, 5.74) is 3.81. The minimum Gasteiger partial charge on any atom is -0.550 e. The first kappa shape index (κ1) is 21.2. The molecule has 1 saturated carbocycles. The zero-order valence-electron chi connectivity index (χ0n) is 17.7. The van der Waals surface area contributed by atoms with Crippen LogP contribution in [0.25, 0.3) is 11.8 Å². The molecule has 0 spiro atoms. The molecule has 3 aliphatic rings. The number of aliphatic carboxylic acids is 1. The van der Waals surface area contributed by atoms with E-state index in [1.807, 2.05) is 6.20 Å². The fraction of sp³-hybridized carbons (Fsp3) is 0.478. The van der Waals surface area contributed by atoms with Crippen LogP contribution in [0.5, 0.6) is 0 Å².